The first-order chi connectivity index (χ1) is 6.24. The Hall–Kier alpha value is -0.835. The van der Waals surface area contributed by atoms with E-state index in [1.807, 2.05) is 13.0 Å². The number of hydrogen-bond acceptors (Lipinski definition) is 3. The summed E-state index contributed by atoms with van der Waals surface area (Å²) in [5, 5.41) is 17.8. The standard InChI is InChI=1S/C9H13BO3/c1-2-13-7-8-4-3-5-9(6-8)10(11)12/h3-6,11-12H,2,7H2,1H3. The first-order valence-corrected chi connectivity index (χ1v) is 4.26. The largest absolute Gasteiger partial charge is 0.488 e. The van der Waals surface area contributed by atoms with Crippen molar-refractivity contribution in [3.63, 3.8) is 0 Å². The molecular weight excluding hydrogens is 167 g/mol. The lowest BCUT2D eigenvalue weighted by Gasteiger charge is -2.04. The average molecular weight is 180 g/mol. The van der Waals surface area contributed by atoms with Crippen molar-refractivity contribution in [1.82, 2.24) is 0 Å². The molecule has 70 valence electrons. The first kappa shape index (κ1) is 10.2. The van der Waals surface area contributed by atoms with Gasteiger partial charge in [0.1, 0.15) is 0 Å². The van der Waals surface area contributed by atoms with E-state index in [1.165, 1.54) is 0 Å². The second-order valence-electron chi connectivity index (χ2n) is 2.76. The van der Waals surface area contributed by atoms with Crippen molar-refractivity contribution in [2.75, 3.05) is 6.61 Å². The van der Waals surface area contributed by atoms with E-state index in [-0.39, 0.29) is 0 Å². The van der Waals surface area contributed by atoms with Crippen LogP contribution in [0, 0.1) is 0 Å². The predicted molar refractivity (Wildman–Crippen MR) is 51.6 cm³/mol. The van der Waals surface area contributed by atoms with Crippen molar-refractivity contribution in [1.29, 1.82) is 0 Å². The van der Waals surface area contributed by atoms with Crippen molar-refractivity contribution < 1.29 is 14.8 Å². The second-order valence-corrected chi connectivity index (χ2v) is 2.76. The van der Waals surface area contributed by atoms with Gasteiger partial charge >= 0.3 is 7.12 Å². The monoisotopic (exact) mass is 180 g/mol. The lowest BCUT2D eigenvalue weighted by atomic mass is 9.80. The van der Waals surface area contributed by atoms with E-state index in [9.17, 15) is 0 Å². The molecule has 0 aliphatic carbocycles. The van der Waals surface area contributed by atoms with Crippen molar-refractivity contribution in [2.45, 2.75) is 13.5 Å². The predicted octanol–water partition coefficient (Wildman–Crippen LogP) is -0.0971. The van der Waals surface area contributed by atoms with Crippen LogP contribution in [0.15, 0.2) is 24.3 Å². The molecule has 0 atom stereocenters. The molecule has 0 spiro atoms. The molecular formula is C9H13BO3. The normalized spacial score (nSPS) is 10.1. The zero-order valence-corrected chi connectivity index (χ0v) is 7.60. The Morgan fingerprint density at radius 3 is 2.77 bits per heavy atom. The maximum atomic E-state index is 8.89. The second kappa shape index (κ2) is 5.02. The van der Waals surface area contributed by atoms with E-state index < -0.39 is 7.12 Å². The summed E-state index contributed by atoms with van der Waals surface area (Å²) >= 11 is 0. The number of hydrogen-bond donors (Lipinski definition) is 2. The molecule has 0 aliphatic heterocycles. The fourth-order valence-electron chi connectivity index (χ4n) is 1.06. The molecule has 13 heavy (non-hydrogen) atoms. The molecule has 4 heteroatoms. The van der Waals surface area contributed by atoms with E-state index in [1.54, 1.807) is 18.2 Å². The molecule has 0 fully saturated rings. The number of rotatable bonds is 4. The molecule has 0 aliphatic rings. The Bertz CT molecular complexity index is 263. The van der Waals surface area contributed by atoms with Crippen LogP contribution in [0.1, 0.15) is 12.5 Å². The highest BCUT2D eigenvalue weighted by Gasteiger charge is 2.10. The molecule has 1 aromatic carbocycles. The highest BCUT2D eigenvalue weighted by Crippen LogP contribution is 1.99. The Labute approximate surface area is 78.1 Å². The van der Waals surface area contributed by atoms with Crippen molar-refractivity contribution in [3.05, 3.63) is 29.8 Å². The molecule has 0 amide bonds. The third kappa shape index (κ3) is 3.18. The van der Waals surface area contributed by atoms with Gasteiger partial charge in [-0.25, -0.2) is 0 Å². The highest BCUT2D eigenvalue weighted by molar-refractivity contribution is 6.58. The molecule has 0 bridgehead atoms. The molecule has 0 unspecified atom stereocenters. The van der Waals surface area contributed by atoms with Crippen LogP contribution in [-0.2, 0) is 11.3 Å². The van der Waals surface area contributed by atoms with Gasteiger partial charge < -0.3 is 14.8 Å². The van der Waals surface area contributed by atoms with Crippen LogP contribution in [0.2, 0.25) is 0 Å². The summed E-state index contributed by atoms with van der Waals surface area (Å²) in [6, 6.07) is 7.06. The molecule has 2 N–H and O–H groups in total. The van der Waals surface area contributed by atoms with Crippen LogP contribution in [0.3, 0.4) is 0 Å². The Balaban J connectivity index is 2.68. The summed E-state index contributed by atoms with van der Waals surface area (Å²) in [5.41, 5.74) is 1.45. The van der Waals surface area contributed by atoms with Gasteiger partial charge in [0, 0.05) is 6.61 Å². The van der Waals surface area contributed by atoms with Crippen molar-refractivity contribution in [2.24, 2.45) is 0 Å². The molecule has 1 aromatic rings. The number of ether oxygens (including phenoxy) is 1. The molecule has 1 rings (SSSR count). The Morgan fingerprint density at radius 1 is 1.38 bits per heavy atom. The number of benzene rings is 1. The van der Waals surface area contributed by atoms with Crippen molar-refractivity contribution in [3.8, 4) is 0 Å². The lowest BCUT2D eigenvalue weighted by Crippen LogP contribution is -2.29. The Morgan fingerprint density at radius 2 is 2.15 bits per heavy atom. The fourth-order valence-corrected chi connectivity index (χ4v) is 1.06. The molecule has 0 saturated carbocycles. The summed E-state index contributed by atoms with van der Waals surface area (Å²) in [7, 11) is -1.40. The van der Waals surface area contributed by atoms with Crippen LogP contribution in [0.4, 0.5) is 0 Å². The van der Waals surface area contributed by atoms with Crippen LogP contribution in [-0.4, -0.2) is 23.8 Å². The van der Waals surface area contributed by atoms with Gasteiger partial charge in [0.15, 0.2) is 0 Å². The zero-order valence-electron chi connectivity index (χ0n) is 7.60. The summed E-state index contributed by atoms with van der Waals surface area (Å²) < 4.78 is 5.19. The lowest BCUT2D eigenvalue weighted by molar-refractivity contribution is 0.134. The summed E-state index contributed by atoms with van der Waals surface area (Å²) in [4.78, 5) is 0. The maximum absolute atomic E-state index is 8.89. The van der Waals surface area contributed by atoms with Gasteiger partial charge in [-0.2, -0.15) is 0 Å². The minimum atomic E-state index is -1.40. The van der Waals surface area contributed by atoms with Crippen LogP contribution >= 0.6 is 0 Å². The van der Waals surface area contributed by atoms with Gasteiger partial charge in [-0.05, 0) is 17.9 Å². The maximum Gasteiger partial charge on any atom is 0.488 e. The molecule has 0 heterocycles. The van der Waals surface area contributed by atoms with Gasteiger partial charge in [0.05, 0.1) is 6.61 Å². The third-order valence-electron chi connectivity index (χ3n) is 1.72. The van der Waals surface area contributed by atoms with E-state index in [4.69, 9.17) is 14.8 Å². The summed E-state index contributed by atoms with van der Waals surface area (Å²) in [5.74, 6) is 0. The minimum Gasteiger partial charge on any atom is -0.423 e. The van der Waals surface area contributed by atoms with Crippen LogP contribution in [0.5, 0.6) is 0 Å². The molecule has 3 nitrogen and oxygen atoms in total. The molecule has 0 saturated heterocycles. The van der Waals surface area contributed by atoms with Gasteiger partial charge in [0.25, 0.3) is 0 Å². The highest BCUT2D eigenvalue weighted by atomic mass is 16.5. The quantitative estimate of drug-likeness (QED) is 0.636. The van der Waals surface area contributed by atoms with E-state index in [0.29, 0.717) is 18.7 Å². The zero-order chi connectivity index (χ0) is 9.68. The summed E-state index contributed by atoms with van der Waals surface area (Å²) in [6.45, 7) is 3.09. The smallest absolute Gasteiger partial charge is 0.423 e. The summed E-state index contributed by atoms with van der Waals surface area (Å²) in [6.07, 6.45) is 0. The van der Waals surface area contributed by atoms with Gasteiger partial charge in [-0.15, -0.1) is 0 Å². The van der Waals surface area contributed by atoms with Gasteiger partial charge in [0.2, 0.25) is 0 Å². The van der Waals surface area contributed by atoms with E-state index in [0.717, 1.165) is 5.56 Å². The fraction of sp³-hybridized carbons (Fsp3) is 0.333. The van der Waals surface area contributed by atoms with E-state index >= 15 is 0 Å². The molecule has 0 radical (unpaired) electrons. The van der Waals surface area contributed by atoms with E-state index in [2.05, 4.69) is 0 Å². The average Bonchev–Trinajstić information content (AvgIpc) is 2.15. The third-order valence-corrected chi connectivity index (χ3v) is 1.72. The van der Waals surface area contributed by atoms with Crippen LogP contribution < -0.4 is 5.46 Å². The van der Waals surface area contributed by atoms with Crippen LogP contribution in [0.25, 0.3) is 0 Å². The van der Waals surface area contributed by atoms with Crippen molar-refractivity contribution >= 4 is 12.6 Å². The minimum absolute atomic E-state index is 0.497. The topological polar surface area (TPSA) is 49.7 Å². The van der Waals surface area contributed by atoms with Gasteiger partial charge in [-0.1, -0.05) is 24.3 Å². The SMILES string of the molecule is CCOCc1cccc(B(O)O)c1. The molecule has 0 aromatic heterocycles. The Kier molecular flexibility index (Phi) is 3.95. The first-order valence-electron chi connectivity index (χ1n) is 4.26. The van der Waals surface area contributed by atoms with Gasteiger partial charge in [-0.3, -0.25) is 0 Å².